The minimum atomic E-state index is -3.54. The van der Waals surface area contributed by atoms with E-state index in [0.29, 0.717) is 47.5 Å². The van der Waals surface area contributed by atoms with E-state index in [1.165, 1.54) is 6.08 Å². The molecule has 3 heterocycles. The van der Waals surface area contributed by atoms with Crippen LogP contribution in [0.3, 0.4) is 0 Å². The predicted octanol–water partition coefficient (Wildman–Crippen LogP) is 6.17. The van der Waals surface area contributed by atoms with Crippen molar-refractivity contribution in [2.75, 3.05) is 22.8 Å². The first kappa shape index (κ1) is 29.7. The Hall–Kier alpha value is -3.83. The maximum atomic E-state index is 14.7. The first-order valence-corrected chi connectivity index (χ1v) is 15.7. The van der Waals surface area contributed by atoms with Gasteiger partial charge in [0.1, 0.15) is 5.82 Å². The smallest absolute Gasteiger partial charge is 0.247 e. The molecule has 0 radical (unpaired) electrons. The average Bonchev–Trinajstić information content (AvgIpc) is 2.92. The van der Waals surface area contributed by atoms with E-state index in [-0.39, 0.29) is 40.9 Å². The Labute approximate surface area is 247 Å². The van der Waals surface area contributed by atoms with Crippen LogP contribution in [0.2, 0.25) is 5.02 Å². The number of halogens is 3. The summed E-state index contributed by atoms with van der Waals surface area (Å²) in [5.41, 5.74) is 2.66. The van der Waals surface area contributed by atoms with Crippen LogP contribution in [0.4, 0.5) is 20.2 Å². The summed E-state index contributed by atoms with van der Waals surface area (Å²) in [7, 11) is -3.54. The van der Waals surface area contributed by atoms with Crippen molar-refractivity contribution in [1.82, 2.24) is 9.88 Å². The van der Waals surface area contributed by atoms with Crippen LogP contribution in [-0.2, 0) is 19.6 Å². The molecule has 2 unspecified atom stereocenters. The summed E-state index contributed by atoms with van der Waals surface area (Å²) in [6.45, 7) is 2.01. The Bertz CT molecular complexity index is 1710. The molecule has 0 fully saturated rings. The maximum Gasteiger partial charge on any atom is 0.247 e. The highest BCUT2D eigenvalue weighted by atomic mass is 35.5. The van der Waals surface area contributed by atoms with Crippen molar-refractivity contribution < 1.29 is 26.8 Å². The molecule has 2 bridgehead atoms. The van der Waals surface area contributed by atoms with Gasteiger partial charge in [-0.25, -0.2) is 17.2 Å². The number of carbonyl (C=O) groups is 2. The summed E-state index contributed by atoms with van der Waals surface area (Å²) in [5.74, 6) is -2.67. The molecule has 42 heavy (non-hydrogen) atoms. The molecule has 2 N–H and O–H groups in total. The fraction of sp³-hybridized carbons (Fsp3) is 0.300. The predicted molar refractivity (Wildman–Crippen MR) is 158 cm³/mol. The third kappa shape index (κ3) is 6.32. The first-order chi connectivity index (χ1) is 19.9. The van der Waals surface area contributed by atoms with Gasteiger partial charge in [0.2, 0.25) is 21.8 Å². The highest BCUT2D eigenvalue weighted by Crippen LogP contribution is 2.38. The molecule has 0 saturated heterocycles. The van der Waals surface area contributed by atoms with Crippen LogP contribution in [0, 0.1) is 17.6 Å². The molecular formula is C30H29ClF2N4O4S. The van der Waals surface area contributed by atoms with E-state index < -0.39 is 33.6 Å². The molecule has 2 aliphatic heterocycles. The second kappa shape index (κ2) is 11.8. The van der Waals surface area contributed by atoms with Gasteiger partial charge in [0.05, 0.1) is 40.0 Å². The third-order valence-corrected chi connectivity index (χ3v) is 8.42. The number of pyridine rings is 1. The van der Waals surface area contributed by atoms with Crippen LogP contribution in [-0.4, -0.2) is 42.9 Å². The number of aromatic nitrogens is 1. The Morgan fingerprint density at radius 2 is 1.88 bits per heavy atom. The average molecular weight is 615 g/mol. The van der Waals surface area contributed by atoms with E-state index in [4.69, 9.17) is 11.6 Å². The lowest BCUT2D eigenvalue weighted by atomic mass is 9.92. The van der Waals surface area contributed by atoms with E-state index in [2.05, 4.69) is 15.0 Å². The summed E-state index contributed by atoms with van der Waals surface area (Å²) in [6, 6.07) is 10.3. The monoisotopic (exact) mass is 614 g/mol. The third-order valence-electron chi connectivity index (χ3n) is 7.52. The van der Waals surface area contributed by atoms with Crippen molar-refractivity contribution in [3.05, 3.63) is 82.7 Å². The molecule has 12 heteroatoms. The summed E-state index contributed by atoms with van der Waals surface area (Å²) < 4.78 is 55.3. The van der Waals surface area contributed by atoms with Crippen molar-refractivity contribution in [2.45, 2.75) is 38.6 Å². The van der Waals surface area contributed by atoms with E-state index >= 15 is 0 Å². The fourth-order valence-corrected chi connectivity index (χ4v) is 6.14. The van der Waals surface area contributed by atoms with Gasteiger partial charge in [-0.05, 0) is 66.8 Å². The maximum absolute atomic E-state index is 14.7. The molecule has 0 spiro atoms. The summed E-state index contributed by atoms with van der Waals surface area (Å²) >= 11 is 5.88. The molecule has 2 aliphatic rings. The Kier molecular flexibility index (Phi) is 8.34. The minimum absolute atomic E-state index is 0.208. The van der Waals surface area contributed by atoms with Crippen molar-refractivity contribution in [3.8, 4) is 11.1 Å². The lowest BCUT2D eigenvalue weighted by Gasteiger charge is -2.34. The SMILES string of the molecule is CC1CCCC(N2CCC(c3c(F)ccc(Cl)c3F)=CC2=O)c2cc(ccn2)-c2ccc(NS(C)(=O)=O)cc2NC1=O. The lowest BCUT2D eigenvalue weighted by molar-refractivity contribution is -0.129. The number of amides is 2. The van der Waals surface area contributed by atoms with Crippen molar-refractivity contribution in [1.29, 1.82) is 0 Å². The number of anilines is 2. The number of fused-ring (bicyclic) bond motifs is 4. The van der Waals surface area contributed by atoms with Crippen LogP contribution < -0.4 is 10.0 Å². The van der Waals surface area contributed by atoms with E-state index in [9.17, 15) is 26.8 Å². The number of hydrogen-bond acceptors (Lipinski definition) is 5. The van der Waals surface area contributed by atoms with Crippen molar-refractivity contribution >= 4 is 50.4 Å². The van der Waals surface area contributed by atoms with Gasteiger partial charge in [-0.15, -0.1) is 0 Å². The van der Waals surface area contributed by atoms with E-state index in [1.807, 2.05) is 6.07 Å². The first-order valence-electron chi connectivity index (χ1n) is 13.5. The van der Waals surface area contributed by atoms with Crippen LogP contribution in [0.25, 0.3) is 16.7 Å². The van der Waals surface area contributed by atoms with Crippen LogP contribution in [0.5, 0.6) is 0 Å². The van der Waals surface area contributed by atoms with Crippen LogP contribution in [0.1, 0.15) is 49.9 Å². The molecule has 220 valence electrons. The quantitative estimate of drug-likeness (QED) is 0.342. The summed E-state index contributed by atoms with van der Waals surface area (Å²) in [5, 5.41) is 2.72. The number of nitrogens with zero attached hydrogens (tertiary/aromatic N) is 2. The molecule has 2 amide bonds. The van der Waals surface area contributed by atoms with Gasteiger partial charge in [0, 0.05) is 30.3 Å². The zero-order valence-electron chi connectivity index (χ0n) is 23.0. The number of carbonyl (C=O) groups excluding carboxylic acids is 2. The van der Waals surface area contributed by atoms with Gasteiger partial charge >= 0.3 is 0 Å². The second-order valence-corrected chi connectivity index (χ2v) is 12.8. The van der Waals surface area contributed by atoms with Gasteiger partial charge in [0.25, 0.3) is 0 Å². The highest BCUT2D eigenvalue weighted by Gasteiger charge is 2.31. The number of sulfonamides is 1. The standard InChI is InChI=1S/C30H29ClF2N4O4S/c1-17-4-3-5-26(37-13-11-19(15-27(37)38)28-23(32)9-8-22(31)29(28)33)25-14-18(10-12-34-25)21-7-6-20(36-42(2,40)41)16-24(21)35-30(17)39/h6-10,12,14-17,26,36H,3-5,11,13H2,1-2H3,(H,35,39). The number of hydrogen-bond donors (Lipinski definition) is 2. The molecule has 8 nitrogen and oxygen atoms in total. The fourth-order valence-electron chi connectivity index (χ4n) is 5.43. The van der Waals surface area contributed by atoms with Crippen LogP contribution >= 0.6 is 11.6 Å². The van der Waals surface area contributed by atoms with Crippen LogP contribution in [0.15, 0.2) is 54.7 Å². The Morgan fingerprint density at radius 3 is 2.62 bits per heavy atom. The molecule has 2 aromatic carbocycles. The lowest BCUT2D eigenvalue weighted by Crippen LogP contribution is -2.38. The summed E-state index contributed by atoms with van der Waals surface area (Å²) in [6.07, 6.45) is 5.79. The minimum Gasteiger partial charge on any atom is -0.330 e. The number of nitrogens with one attached hydrogen (secondary N) is 2. The zero-order valence-corrected chi connectivity index (χ0v) is 24.5. The Morgan fingerprint density at radius 1 is 1.10 bits per heavy atom. The van der Waals surface area contributed by atoms with Gasteiger partial charge in [0.15, 0.2) is 5.82 Å². The zero-order chi connectivity index (χ0) is 30.2. The molecule has 0 saturated carbocycles. The van der Waals surface area contributed by atoms with Gasteiger partial charge in [-0.2, -0.15) is 0 Å². The largest absolute Gasteiger partial charge is 0.330 e. The topological polar surface area (TPSA) is 108 Å². The van der Waals surface area contributed by atoms with E-state index in [1.54, 1.807) is 42.3 Å². The molecule has 2 atom stereocenters. The normalized spacial score (nSPS) is 19.6. The van der Waals surface area contributed by atoms with Crippen molar-refractivity contribution in [3.63, 3.8) is 0 Å². The van der Waals surface area contributed by atoms with Gasteiger partial charge in [-0.3, -0.25) is 19.3 Å². The highest BCUT2D eigenvalue weighted by molar-refractivity contribution is 7.92. The molecule has 0 aliphatic carbocycles. The van der Waals surface area contributed by atoms with E-state index in [0.717, 1.165) is 18.4 Å². The summed E-state index contributed by atoms with van der Waals surface area (Å²) in [4.78, 5) is 32.8. The molecule has 3 aromatic rings. The molecular weight excluding hydrogens is 586 g/mol. The number of benzene rings is 2. The molecule has 5 rings (SSSR count). The Balaban J connectivity index is 1.54. The number of rotatable bonds is 4. The van der Waals surface area contributed by atoms with Gasteiger partial charge < -0.3 is 10.2 Å². The second-order valence-electron chi connectivity index (χ2n) is 10.6. The van der Waals surface area contributed by atoms with Crippen molar-refractivity contribution in [2.24, 2.45) is 5.92 Å². The molecule has 1 aromatic heterocycles. The van der Waals surface area contributed by atoms with Gasteiger partial charge in [-0.1, -0.05) is 31.0 Å².